The molecule has 1 aromatic carbocycles. The largest absolute Gasteiger partial charge is 0.497 e. The summed E-state index contributed by atoms with van der Waals surface area (Å²) < 4.78 is 5.31. The van der Waals surface area contributed by atoms with Crippen LogP contribution in [0.4, 0.5) is 0 Å². The van der Waals surface area contributed by atoms with Crippen molar-refractivity contribution < 1.29 is 19.4 Å². The number of aliphatic carboxylic acids is 1. The summed E-state index contributed by atoms with van der Waals surface area (Å²) in [6.45, 7) is 4.56. The molecule has 3 aliphatic carbocycles. The van der Waals surface area contributed by atoms with Crippen LogP contribution < -0.4 is 10.1 Å². The van der Waals surface area contributed by atoms with Crippen molar-refractivity contribution in [2.45, 2.75) is 64.2 Å². The van der Waals surface area contributed by atoms with Gasteiger partial charge in [0, 0.05) is 17.5 Å². The van der Waals surface area contributed by atoms with Crippen molar-refractivity contribution in [3.63, 3.8) is 0 Å². The Balaban J connectivity index is 1.54. The molecule has 0 spiro atoms. The van der Waals surface area contributed by atoms with Gasteiger partial charge in [-0.1, -0.05) is 32.1 Å². The number of hydrogen-bond donors (Lipinski definition) is 2. The van der Waals surface area contributed by atoms with Crippen molar-refractivity contribution in [3.8, 4) is 5.75 Å². The SMILES string of the molecule is COc1ccc(C2(C(=O)O)CC[C@H]3[C@@H]4CC=C5NC(=O)CC[C@]5(C)[C@@H]4CC[C@@]32C)cc1. The minimum absolute atomic E-state index is 0.00669. The predicted octanol–water partition coefficient (Wildman–Crippen LogP) is 4.66. The first-order valence-electron chi connectivity index (χ1n) is 11.6. The average Bonchev–Trinajstić information content (AvgIpc) is 3.08. The van der Waals surface area contributed by atoms with E-state index in [-0.39, 0.29) is 16.7 Å². The fourth-order valence-corrected chi connectivity index (χ4v) is 8.06. The van der Waals surface area contributed by atoms with E-state index in [0.29, 0.717) is 30.6 Å². The highest BCUT2D eigenvalue weighted by molar-refractivity contribution is 5.83. The Labute approximate surface area is 184 Å². The van der Waals surface area contributed by atoms with Crippen molar-refractivity contribution in [1.29, 1.82) is 0 Å². The molecule has 3 fully saturated rings. The van der Waals surface area contributed by atoms with Crippen molar-refractivity contribution in [3.05, 3.63) is 41.6 Å². The first-order valence-corrected chi connectivity index (χ1v) is 11.6. The van der Waals surface area contributed by atoms with Crippen molar-refractivity contribution >= 4 is 11.9 Å². The average molecular weight is 424 g/mol. The zero-order valence-electron chi connectivity index (χ0n) is 18.7. The number of piperidine rings is 1. The van der Waals surface area contributed by atoms with Gasteiger partial charge in [-0.25, -0.2) is 0 Å². The smallest absolute Gasteiger partial charge is 0.314 e. The molecule has 31 heavy (non-hydrogen) atoms. The standard InChI is InChI=1S/C26H33NO4/c1-24-13-12-22(28)27-21(24)9-8-18-19(24)10-14-25(2)20(18)11-15-26(25,23(29)30)16-4-6-17(31-3)7-5-16/h4-7,9,18-20H,8,10-15H2,1-3H3,(H,27,28)(H,29,30)/t18-,19-,20+,24-,25+,26?/m1/s1. The number of hydrogen-bond acceptors (Lipinski definition) is 3. The summed E-state index contributed by atoms with van der Waals surface area (Å²) in [5.74, 6) is 1.55. The van der Waals surface area contributed by atoms with Gasteiger partial charge in [0.1, 0.15) is 5.75 Å². The lowest BCUT2D eigenvalue weighted by Crippen LogP contribution is -2.57. The van der Waals surface area contributed by atoms with Gasteiger partial charge in [0.2, 0.25) is 5.91 Å². The number of benzene rings is 1. The summed E-state index contributed by atoms with van der Waals surface area (Å²) in [5.41, 5.74) is 0.889. The van der Waals surface area contributed by atoms with Crippen LogP contribution in [0.1, 0.15) is 64.4 Å². The fourth-order valence-electron chi connectivity index (χ4n) is 8.06. The second kappa shape index (κ2) is 6.85. The molecular formula is C26H33NO4. The van der Waals surface area contributed by atoms with Crippen molar-refractivity contribution in [2.75, 3.05) is 7.11 Å². The number of carbonyl (C=O) groups excluding carboxylic acids is 1. The van der Waals surface area contributed by atoms with Crippen LogP contribution in [-0.2, 0) is 15.0 Å². The van der Waals surface area contributed by atoms with E-state index >= 15 is 0 Å². The van der Waals surface area contributed by atoms with E-state index < -0.39 is 11.4 Å². The topological polar surface area (TPSA) is 75.6 Å². The molecule has 4 aliphatic rings. The number of allylic oxidation sites excluding steroid dienone is 2. The van der Waals surface area contributed by atoms with Crippen LogP contribution in [0, 0.1) is 28.6 Å². The maximum atomic E-state index is 12.9. The first-order chi connectivity index (χ1) is 14.8. The first kappa shape index (κ1) is 20.6. The number of rotatable bonds is 3. The van der Waals surface area contributed by atoms with Gasteiger partial charge in [-0.2, -0.15) is 0 Å². The predicted molar refractivity (Wildman–Crippen MR) is 118 cm³/mol. The Hall–Kier alpha value is -2.30. The molecule has 1 aromatic rings. The summed E-state index contributed by atoms with van der Waals surface area (Å²) in [5, 5.41) is 13.8. The number of carboxylic acids is 1. The van der Waals surface area contributed by atoms with Gasteiger partial charge in [-0.05, 0) is 79.4 Å². The van der Waals surface area contributed by atoms with E-state index in [4.69, 9.17) is 4.74 Å². The Morgan fingerprint density at radius 1 is 1.10 bits per heavy atom. The third-order valence-electron chi connectivity index (χ3n) is 9.75. The van der Waals surface area contributed by atoms with E-state index in [1.54, 1.807) is 7.11 Å². The van der Waals surface area contributed by atoms with Gasteiger partial charge in [0.15, 0.2) is 0 Å². The molecule has 0 bridgehead atoms. The van der Waals surface area contributed by atoms with Crippen LogP contribution in [0.2, 0.25) is 0 Å². The highest BCUT2D eigenvalue weighted by Gasteiger charge is 2.67. The molecule has 1 aliphatic heterocycles. The highest BCUT2D eigenvalue weighted by Crippen LogP contribution is 2.69. The molecule has 5 nitrogen and oxygen atoms in total. The second-order valence-corrected chi connectivity index (χ2v) is 10.6. The molecule has 2 N–H and O–H groups in total. The molecule has 2 saturated carbocycles. The Morgan fingerprint density at radius 2 is 1.81 bits per heavy atom. The van der Waals surface area contributed by atoms with Gasteiger partial charge in [-0.15, -0.1) is 0 Å². The van der Waals surface area contributed by atoms with Gasteiger partial charge in [0.05, 0.1) is 12.5 Å². The normalized spacial score (nSPS) is 41.3. The second-order valence-electron chi connectivity index (χ2n) is 10.6. The maximum absolute atomic E-state index is 12.9. The molecule has 0 radical (unpaired) electrons. The molecule has 5 heteroatoms. The molecule has 6 atom stereocenters. The van der Waals surface area contributed by atoms with Gasteiger partial charge in [-0.3, -0.25) is 9.59 Å². The van der Waals surface area contributed by atoms with Crippen LogP contribution >= 0.6 is 0 Å². The zero-order chi connectivity index (χ0) is 22.0. The minimum atomic E-state index is -0.861. The summed E-state index contributed by atoms with van der Waals surface area (Å²) >= 11 is 0. The molecule has 1 unspecified atom stereocenters. The van der Waals surface area contributed by atoms with E-state index in [1.807, 2.05) is 24.3 Å². The van der Waals surface area contributed by atoms with Gasteiger partial charge < -0.3 is 15.2 Å². The highest BCUT2D eigenvalue weighted by atomic mass is 16.5. The van der Waals surface area contributed by atoms with Crippen LogP contribution in [0.25, 0.3) is 0 Å². The third-order valence-corrected chi connectivity index (χ3v) is 9.75. The summed E-state index contributed by atoms with van der Waals surface area (Å²) in [4.78, 5) is 24.9. The number of amides is 1. The van der Waals surface area contributed by atoms with Crippen LogP contribution in [0.15, 0.2) is 36.0 Å². The molecule has 1 amide bonds. The lowest BCUT2D eigenvalue weighted by molar-refractivity contribution is -0.153. The van der Waals surface area contributed by atoms with E-state index in [9.17, 15) is 14.7 Å². The fraction of sp³-hybridized carbons (Fsp3) is 0.615. The Kier molecular flexibility index (Phi) is 4.55. The Morgan fingerprint density at radius 3 is 2.48 bits per heavy atom. The number of fused-ring (bicyclic) bond motifs is 5. The molecule has 1 saturated heterocycles. The maximum Gasteiger partial charge on any atom is 0.314 e. The van der Waals surface area contributed by atoms with Crippen molar-refractivity contribution in [1.82, 2.24) is 5.32 Å². The number of ether oxygens (including phenoxy) is 1. The molecular weight excluding hydrogens is 390 g/mol. The minimum Gasteiger partial charge on any atom is -0.497 e. The van der Waals surface area contributed by atoms with Crippen LogP contribution in [0.3, 0.4) is 0 Å². The number of carboxylic acid groups (broad SMARTS) is 1. The zero-order valence-corrected chi connectivity index (χ0v) is 18.7. The summed E-state index contributed by atoms with van der Waals surface area (Å²) in [6, 6.07) is 7.71. The van der Waals surface area contributed by atoms with E-state index in [0.717, 1.165) is 49.1 Å². The van der Waals surface area contributed by atoms with Crippen LogP contribution in [0.5, 0.6) is 5.75 Å². The lowest BCUT2D eigenvalue weighted by Gasteiger charge is -2.58. The molecule has 1 heterocycles. The number of methoxy groups -OCH3 is 1. The van der Waals surface area contributed by atoms with E-state index in [2.05, 4.69) is 25.2 Å². The number of carbonyl (C=O) groups is 2. The Bertz CT molecular complexity index is 953. The molecule has 5 rings (SSSR count). The number of nitrogens with one attached hydrogen (secondary N) is 1. The van der Waals surface area contributed by atoms with Crippen molar-refractivity contribution in [2.24, 2.45) is 28.6 Å². The molecule has 166 valence electrons. The molecule has 0 aromatic heterocycles. The monoisotopic (exact) mass is 423 g/mol. The summed E-state index contributed by atoms with van der Waals surface area (Å²) in [7, 11) is 1.63. The van der Waals surface area contributed by atoms with Gasteiger partial charge in [0.25, 0.3) is 0 Å². The summed E-state index contributed by atoms with van der Waals surface area (Å²) in [6.07, 6.45) is 8.24. The van der Waals surface area contributed by atoms with Gasteiger partial charge >= 0.3 is 5.97 Å². The quantitative estimate of drug-likeness (QED) is 0.741. The lowest BCUT2D eigenvalue weighted by atomic mass is 9.46. The van der Waals surface area contributed by atoms with Crippen LogP contribution in [-0.4, -0.2) is 24.1 Å². The third kappa shape index (κ3) is 2.61. The van der Waals surface area contributed by atoms with E-state index in [1.165, 1.54) is 0 Å².